The second kappa shape index (κ2) is 3.10. The third kappa shape index (κ3) is 3.19. The summed E-state index contributed by atoms with van der Waals surface area (Å²) in [6.07, 6.45) is 1.17. The molecule has 1 rings (SSSR count). The minimum absolute atomic E-state index is 0.321. The van der Waals surface area contributed by atoms with Crippen LogP contribution in [0.2, 0.25) is 0 Å². The van der Waals surface area contributed by atoms with Gasteiger partial charge < -0.3 is 5.32 Å². The average molecular weight is 159 g/mol. The van der Waals surface area contributed by atoms with E-state index in [1.807, 2.05) is 0 Å². The maximum Gasteiger partial charge on any atom is 0.114 e. The van der Waals surface area contributed by atoms with Gasteiger partial charge in [0, 0.05) is 12.6 Å². The van der Waals surface area contributed by atoms with Crippen LogP contribution in [-0.4, -0.2) is 18.8 Å². The summed E-state index contributed by atoms with van der Waals surface area (Å²) in [5.41, 5.74) is 0.321. The molecule has 11 heavy (non-hydrogen) atoms. The van der Waals surface area contributed by atoms with Gasteiger partial charge in [-0.3, -0.25) is 0 Å². The van der Waals surface area contributed by atoms with Crippen molar-refractivity contribution in [2.24, 2.45) is 5.41 Å². The first-order valence-electron chi connectivity index (χ1n) is 4.35. The van der Waals surface area contributed by atoms with E-state index in [0.717, 1.165) is 6.42 Å². The number of alkyl halides is 1. The fourth-order valence-electron chi connectivity index (χ4n) is 1.66. The largest absolute Gasteiger partial charge is 0.311 e. The first-order valence-corrected chi connectivity index (χ1v) is 4.35. The molecule has 0 radical (unpaired) electrons. The van der Waals surface area contributed by atoms with Gasteiger partial charge in [-0.05, 0) is 18.3 Å². The molecule has 0 saturated carbocycles. The van der Waals surface area contributed by atoms with E-state index in [1.54, 1.807) is 0 Å². The number of hydrogen-bond donors (Lipinski definition) is 1. The molecule has 0 spiro atoms. The molecule has 0 aromatic carbocycles. The van der Waals surface area contributed by atoms with Gasteiger partial charge in [0.25, 0.3) is 0 Å². The molecular weight excluding hydrogens is 141 g/mol. The predicted octanol–water partition coefficient (Wildman–Crippen LogP) is 2.12. The molecule has 1 heterocycles. The van der Waals surface area contributed by atoms with Crippen molar-refractivity contribution in [1.82, 2.24) is 5.32 Å². The van der Waals surface area contributed by atoms with Crippen LogP contribution < -0.4 is 5.32 Å². The van der Waals surface area contributed by atoms with Crippen LogP contribution in [-0.2, 0) is 0 Å². The minimum Gasteiger partial charge on any atom is -0.311 e. The molecule has 1 fully saturated rings. The molecule has 66 valence electrons. The summed E-state index contributed by atoms with van der Waals surface area (Å²) in [4.78, 5) is 0. The highest BCUT2D eigenvalue weighted by atomic mass is 19.1. The zero-order valence-electron chi connectivity index (χ0n) is 7.65. The van der Waals surface area contributed by atoms with Crippen LogP contribution in [0.15, 0.2) is 0 Å². The SMILES string of the molecule is CC(C)(C)C[C@@H]1C[C@H](F)CN1. The van der Waals surface area contributed by atoms with Crippen molar-refractivity contribution in [1.29, 1.82) is 0 Å². The lowest BCUT2D eigenvalue weighted by Gasteiger charge is -2.22. The van der Waals surface area contributed by atoms with Crippen LogP contribution in [0.4, 0.5) is 4.39 Å². The molecule has 2 atom stereocenters. The van der Waals surface area contributed by atoms with Gasteiger partial charge in [-0.15, -0.1) is 0 Å². The van der Waals surface area contributed by atoms with E-state index in [1.165, 1.54) is 0 Å². The summed E-state index contributed by atoms with van der Waals surface area (Å²) in [5.74, 6) is 0. The summed E-state index contributed by atoms with van der Waals surface area (Å²) < 4.78 is 12.7. The highest BCUT2D eigenvalue weighted by Gasteiger charge is 2.26. The van der Waals surface area contributed by atoms with Gasteiger partial charge in [-0.1, -0.05) is 20.8 Å². The van der Waals surface area contributed by atoms with E-state index in [9.17, 15) is 4.39 Å². The van der Waals surface area contributed by atoms with Crippen LogP contribution in [0, 0.1) is 5.41 Å². The molecule has 1 N–H and O–H groups in total. The van der Waals surface area contributed by atoms with E-state index in [4.69, 9.17) is 0 Å². The fourth-order valence-corrected chi connectivity index (χ4v) is 1.66. The van der Waals surface area contributed by atoms with Crippen molar-refractivity contribution in [2.45, 2.75) is 45.8 Å². The lowest BCUT2D eigenvalue weighted by Crippen LogP contribution is -2.26. The van der Waals surface area contributed by atoms with Crippen molar-refractivity contribution in [3.63, 3.8) is 0 Å². The summed E-state index contributed by atoms with van der Waals surface area (Å²) >= 11 is 0. The van der Waals surface area contributed by atoms with Crippen LogP contribution in [0.25, 0.3) is 0 Å². The third-order valence-corrected chi connectivity index (χ3v) is 2.03. The Kier molecular flexibility index (Phi) is 2.53. The Morgan fingerprint density at radius 2 is 2.09 bits per heavy atom. The van der Waals surface area contributed by atoms with Gasteiger partial charge in [-0.2, -0.15) is 0 Å². The van der Waals surface area contributed by atoms with Gasteiger partial charge in [0.15, 0.2) is 0 Å². The maximum absolute atomic E-state index is 12.7. The predicted molar refractivity (Wildman–Crippen MR) is 45.4 cm³/mol. The Balaban J connectivity index is 2.29. The molecule has 0 aliphatic carbocycles. The monoisotopic (exact) mass is 159 g/mol. The minimum atomic E-state index is -0.609. The van der Waals surface area contributed by atoms with E-state index < -0.39 is 6.17 Å². The van der Waals surface area contributed by atoms with Gasteiger partial charge in [-0.25, -0.2) is 4.39 Å². The van der Waals surface area contributed by atoms with Gasteiger partial charge >= 0.3 is 0 Å². The Labute approximate surface area is 68.4 Å². The lowest BCUT2D eigenvalue weighted by atomic mass is 9.87. The molecule has 1 nitrogen and oxygen atoms in total. The van der Waals surface area contributed by atoms with Crippen LogP contribution in [0.5, 0.6) is 0 Å². The van der Waals surface area contributed by atoms with E-state index in [2.05, 4.69) is 26.1 Å². The number of halogens is 1. The maximum atomic E-state index is 12.7. The molecule has 1 saturated heterocycles. The summed E-state index contributed by atoms with van der Waals surface area (Å²) in [5, 5.41) is 3.19. The normalized spacial score (nSPS) is 32.7. The van der Waals surface area contributed by atoms with Crippen LogP contribution in [0.3, 0.4) is 0 Å². The van der Waals surface area contributed by atoms with Gasteiger partial charge in [0.1, 0.15) is 6.17 Å². The summed E-state index contributed by atoms with van der Waals surface area (Å²) in [7, 11) is 0. The standard InChI is InChI=1S/C9H18FN/c1-9(2,3)5-8-4-7(10)6-11-8/h7-8,11H,4-6H2,1-3H3/t7-,8-/m0/s1. The molecule has 2 heteroatoms. The van der Waals surface area contributed by atoms with Crippen molar-refractivity contribution in [3.8, 4) is 0 Å². The Morgan fingerprint density at radius 1 is 1.45 bits per heavy atom. The summed E-state index contributed by atoms with van der Waals surface area (Å²) in [6, 6.07) is 0.407. The molecule has 1 aliphatic rings. The molecule has 0 unspecified atom stereocenters. The Hall–Kier alpha value is -0.110. The second-order valence-corrected chi connectivity index (χ2v) is 4.70. The topological polar surface area (TPSA) is 12.0 Å². The first-order chi connectivity index (χ1) is 4.97. The smallest absolute Gasteiger partial charge is 0.114 e. The quantitative estimate of drug-likeness (QED) is 0.618. The second-order valence-electron chi connectivity index (χ2n) is 4.70. The van der Waals surface area contributed by atoms with E-state index >= 15 is 0 Å². The molecule has 1 aliphatic heterocycles. The molecule has 0 aromatic heterocycles. The van der Waals surface area contributed by atoms with Crippen LogP contribution >= 0.6 is 0 Å². The average Bonchev–Trinajstić information content (AvgIpc) is 2.10. The van der Waals surface area contributed by atoms with E-state index in [-0.39, 0.29) is 0 Å². The zero-order valence-corrected chi connectivity index (χ0v) is 7.65. The lowest BCUT2D eigenvalue weighted by molar-refractivity contribution is 0.308. The van der Waals surface area contributed by atoms with Crippen LogP contribution in [0.1, 0.15) is 33.6 Å². The first kappa shape index (κ1) is 8.98. The molecule has 0 bridgehead atoms. The Bertz CT molecular complexity index is 128. The highest BCUT2D eigenvalue weighted by Crippen LogP contribution is 2.25. The van der Waals surface area contributed by atoms with E-state index in [0.29, 0.717) is 24.4 Å². The van der Waals surface area contributed by atoms with Crippen molar-refractivity contribution < 1.29 is 4.39 Å². The van der Waals surface area contributed by atoms with Crippen molar-refractivity contribution in [3.05, 3.63) is 0 Å². The number of hydrogen-bond acceptors (Lipinski definition) is 1. The van der Waals surface area contributed by atoms with Crippen molar-refractivity contribution >= 4 is 0 Å². The zero-order chi connectivity index (χ0) is 8.48. The van der Waals surface area contributed by atoms with Gasteiger partial charge in [0.2, 0.25) is 0 Å². The highest BCUT2D eigenvalue weighted by molar-refractivity contribution is 4.84. The summed E-state index contributed by atoms with van der Waals surface area (Å²) in [6.45, 7) is 7.14. The third-order valence-electron chi connectivity index (χ3n) is 2.03. The van der Waals surface area contributed by atoms with Crippen molar-refractivity contribution in [2.75, 3.05) is 6.54 Å². The number of nitrogens with one attached hydrogen (secondary N) is 1. The van der Waals surface area contributed by atoms with Gasteiger partial charge in [0.05, 0.1) is 0 Å². The Morgan fingerprint density at radius 3 is 2.45 bits per heavy atom. The number of rotatable bonds is 1. The molecule has 0 amide bonds. The molecule has 0 aromatic rings. The molecular formula is C9H18FN. The fraction of sp³-hybridized carbons (Fsp3) is 1.00.